The van der Waals surface area contributed by atoms with Gasteiger partial charge in [0.2, 0.25) is 0 Å². The smallest absolute Gasteiger partial charge is 0.165 e. The minimum absolute atomic E-state index is 0.0309. The molecule has 0 unspecified atom stereocenters. The van der Waals surface area contributed by atoms with Crippen LogP contribution in [0.5, 0.6) is 0 Å². The maximum absolute atomic E-state index is 14.2. The highest BCUT2D eigenvalue weighted by atomic mass is 35.5. The Morgan fingerprint density at radius 2 is 2.09 bits per heavy atom. The summed E-state index contributed by atoms with van der Waals surface area (Å²) in [5, 5.41) is 9.68. The summed E-state index contributed by atoms with van der Waals surface area (Å²) in [6.07, 6.45) is 0.318. The first-order valence-corrected chi connectivity index (χ1v) is 7.57. The minimum atomic E-state index is -0.807. The summed E-state index contributed by atoms with van der Waals surface area (Å²) in [4.78, 5) is 7.89. The van der Waals surface area contributed by atoms with Gasteiger partial charge in [-0.15, -0.1) is 0 Å². The van der Waals surface area contributed by atoms with Gasteiger partial charge in [0.25, 0.3) is 0 Å². The van der Waals surface area contributed by atoms with Gasteiger partial charge in [-0.2, -0.15) is 0 Å². The Morgan fingerprint density at radius 3 is 2.83 bits per heavy atom. The number of aliphatic hydroxyl groups is 1. The van der Waals surface area contributed by atoms with E-state index in [1.807, 2.05) is 0 Å². The zero-order valence-electron chi connectivity index (χ0n) is 12.4. The molecule has 0 saturated carbocycles. The van der Waals surface area contributed by atoms with Gasteiger partial charge in [0.1, 0.15) is 35.4 Å². The van der Waals surface area contributed by atoms with Gasteiger partial charge in [0.05, 0.1) is 12.0 Å². The Balaban J connectivity index is 1.81. The number of hydrogen-bond donors (Lipinski definition) is 1. The largest absolute Gasteiger partial charge is 0.394 e. The lowest BCUT2D eigenvalue weighted by Crippen LogP contribution is -2.31. The van der Waals surface area contributed by atoms with Crippen molar-refractivity contribution in [2.45, 2.75) is 44.2 Å². The summed E-state index contributed by atoms with van der Waals surface area (Å²) in [6, 6.07) is 0. The third-order valence-corrected chi connectivity index (χ3v) is 4.38. The van der Waals surface area contributed by atoms with Crippen LogP contribution < -0.4 is 0 Å². The first-order chi connectivity index (χ1) is 10.9. The van der Waals surface area contributed by atoms with Crippen LogP contribution in [0.4, 0.5) is 4.39 Å². The number of hydrogen-bond acceptors (Lipinski definition) is 6. The van der Waals surface area contributed by atoms with Crippen molar-refractivity contribution in [3.05, 3.63) is 23.5 Å². The van der Waals surface area contributed by atoms with Crippen LogP contribution in [-0.2, 0) is 14.2 Å². The van der Waals surface area contributed by atoms with Crippen molar-refractivity contribution in [3.63, 3.8) is 0 Å². The molecule has 7 nitrogen and oxygen atoms in total. The summed E-state index contributed by atoms with van der Waals surface area (Å²) in [6.45, 7) is 3.34. The van der Waals surface area contributed by atoms with Crippen molar-refractivity contribution in [2.75, 3.05) is 6.61 Å². The van der Waals surface area contributed by atoms with E-state index in [-0.39, 0.29) is 17.1 Å². The highest BCUT2D eigenvalue weighted by Gasteiger charge is 2.56. The van der Waals surface area contributed by atoms with Crippen LogP contribution in [0, 0.1) is 5.82 Å². The first kappa shape index (κ1) is 15.2. The molecular weight excluding hydrogens is 329 g/mol. The van der Waals surface area contributed by atoms with Crippen LogP contribution in [0.3, 0.4) is 0 Å². The Hall–Kier alpha value is -1.32. The van der Waals surface area contributed by atoms with Crippen molar-refractivity contribution in [3.8, 4) is 0 Å². The van der Waals surface area contributed by atoms with Gasteiger partial charge in [-0.25, -0.2) is 14.4 Å². The lowest BCUT2D eigenvalue weighted by molar-refractivity contribution is -0.199. The topological polar surface area (TPSA) is 78.6 Å². The Bertz CT molecular complexity index is 768. The summed E-state index contributed by atoms with van der Waals surface area (Å²) >= 11 is 5.95. The SMILES string of the molecule is CC1(C)O[C@@H]2[C@H](O1)[C@@H](CO)O[C@H]2n1cc(F)c2c(Cl)ncnc21. The van der Waals surface area contributed by atoms with E-state index in [9.17, 15) is 9.50 Å². The molecule has 9 heteroatoms. The Morgan fingerprint density at radius 1 is 1.35 bits per heavy atom. The van der Waals surface area contributed by atoms with E-state index in [1.165, 1.54) is 17.1 Å². The van der Waals surface area contributed by atoms with Crippen LogP contribution in [0.1, 0.15) is 20.1 Å². The summed E-state index contributed by atoms with van der Waals surface area (Å²) in [5.41, 5.74) is 0.304. The van der Waals surface area contributed by atoms with Crippen molar-refractivity contribution in [2.24, 2.45) is 0 Å². The first-order valence-electron chi connectivity index (χ1n) is 7.20. The zero-order valence-corrected chi connectivity index (χ0v) is 13.2. The molecule has 0 bridgehead atoms. The highest BCUT2D eigenvalue weighted by molar-refractivity contribution is 6.34. The molecule has 2 aliphatic rings. The Labute approximate surface area is 135 Å². The molecule has 2 saturated heterocycles. The van der Waals surface area contributed by atoms with Gasteiger partial charge in [0.15, 0.2) is 17.8 Å². The maximum atomic E-state index is 14.2. The number of aliphatic hydroxyl groups excluding tert-OH is 1. The second-order valence-electron chi connectivity index (χ2n) is 6.06. The second kappa shape index (κ2) is 5.09. The number of nitrogens with zero attached hydrogens (tertiary/aromatic N) is 3. The molecule has 0 aromatic carbocycles. The van der Waals surface area contributed by atoms with Gasteiger partial charge >= 0.3 is 0 Å². The number of aromatic nitrogens is 3. The van der Waals surface area contributed by atoms with Gasteiger partial charge < -0.3 is 23.9 Å². The molecule has 2 fully saturated rings. The van der Waals surface area contributed by atoms with E-state index >= 15 is 0 Å². The third kappa shape index (κ3) is 2.25. The molecule has 4 atom stereocenters. The molecule has 0 amide bonds. The maximum Gasteiger partial charge on any atom is 0.165 e. The average Bonchev–Trinajstić information content (AvgIpc) is 3.08. The van der Waals surface area contributed by atoms with Crippen molar-refractivity contribution >= 4 is 22.6 Å². The van der Waals surface area contributed by atoms with E-state index in [2.05, 4.69) is 9.97 Å². The molecule has 23 heavy (non-hydrogen) atoms. The van der Waals surface area contributed by atoms with Gasteiger partial charge in [-0.1, -0.05) is 11.6 Å². The average molecular weight is 344 g/mol. The van der Waals surface area contributed by atoms with E-state index in [0.717, 1.165) is 0 Å². The predicted octanol–water partition coefficient (Wildman–Crippen LogP) is 1.63. The van der Waals surface area contributed by atoms with Crippen molar-refractivity contribution in [1.29, 1.82) is 0 Å². The molecule has 4 rings (SSSR count). The fourth-order valence-electron chi connectivity index (χ4n) is 3.23. The van der Waals surface area contributed by atoms with E-state index in [1.54, 1.807) is 13.8 Å². The molecule has 2 aromatic rings. The van der Waals surface area contributed by atoms with Crippen LogP contribution in [0.2, 0.25) is 5.15 Å². The van der Waals surface area contributed by atoms with Crippen molar-refractivity contribution in [1.82, 2.24) is 14.5 Å². The monoisotopic (exact) mass is 343 g/mol. The molecule has 1 N–H and O–H groups in total. The summed E-state index contributed by atoms with van der Waals surface area (Å²) in [5.74, 6) is -1.35. The lowest BCUT2D eigenvalue weighted by Gasteiger charge is -2.24. The number of ether oxygens (including phenoxy) is 3. The van der Waals surface area contributed by atoms with Gasteiger partial charge in [-0.3, -0.25) is 0 Å². The summed E-state index contributed by atoms with van der Waals surface area (Å²) < 4.78 is 33.2. The summed E-state index contributed by atoms with van der Waals surface area (Å²) in [7, 11) is 0. The molecule has 0 spiro atoms. The van der Waals surface area contributed by atoms with Gasteiger partial charge in [-0.05, 0) is 13.8 Å². The molecule has 0 radical (unpaired) electrons. The molecule has 124 valence electrons. The van der Waals surface area contributed by atoms with Crippen LogP contribution in [0.15, 0.2) is 12.5 Å². The van der Waals surface area contributed by atoms with E-state index in [4.69, 9.17) is 25.8 Å². The van der Waals surface area contributed by atoms with Gasteiger partial charge in [0, 0.05) is 6.20 Å². The minimum Gasteiger partial charge on any atom is -0.394 e. The zero-order chi connectivity index (χ0) is 16.4. The highest BCUT2D eigenvalue weighted by Crippen LogP contribution is 2.44. The number of rotatable bonds is 2. The Kier molecular flexibility index (Phi) is 3.37. The third-order valence-electron chi connectivity index (χ3n) is 4.10. The van der Waals surface area contributed by atoms with Crippen LogP contribution >= 0.6 is 11.6 Å². The van der Waals surface area contributed by atoms with E-state index in [0.29, 0.717) is 5.65 Å². The standard InChI is InChI=1S/C14H15ClFN3O4/c1-14(2)22-9-7(4-20)21-13(10(9)23-14)19-3-6(16)8-11(15)17-5-18-12(8)19/h3,5,7,9-10,13,20H,4H2,1-2H3/t7-,9-,10-,13-/m1/s1. The molecule has 2 aliphatic heterocycles. The van der Waals surface area contributed by atoms with Crippen LogP contribution in [-0.4, -0.2) is 50.3 Å². The fourth-order valence-corrected chi connectivity index (χ4v) is 3.45. The molecule has 4 heterocycles. The molecule has 0 aliphatic carbocycles. The molecular formula is C14H15ClFN3O4. The van der Waals surface area contributed by atoms with E-state index < -0.39 is 36.1 Å². The number of halogens is 2. The lowest BCUT2D eigenvalue weighted by atomic mass is 10.1. The fraction of sp³-hybridized carbons (Fsp3) is 0.571. The molecule has 2 aromatic heterocycles. The second-order valence-corrected chi connectivity index (χ2v) is 6.42. The predicted molar refractivity (Wildman–Crippen MR) is 77.3 cm³/mol. The number of fused-ring (bicyclic) bond motifs is 2. The van der Waals surface area contributed by atoms with Crippen molar-refractivity contribution < 1.29 is 23.7 Å². The van der Waals surface area contributed by atoms with Crippen LogP contribution in [0.25, 0.3) is 11.0 Å². The quantitative estimate of drug-likeness (QED) is 0.835. The normalized spacial score (nSPS) is 32.6.